The second kappa shape index (κ2) is 9.30. The largest absolute Gasteiger partial charge is 0.466 e. The molecule has 0 atom stereocenters. The van der Waals surface area contributed by atoms with Crippen LogP contribution in [0.15, 0.2) is 73.1 Å². The molecule has 0 aliphatic rings. The van der Waals surface area contributed by atoms with Crippen LogP contribution >= 0.6 is 22.7 Å². The molecule has 0 saturated heterocycles. The number of anilines is 1. The van der Waals surface area contributed by atoms with E-state index in [0.717, 1.165) is 21.5 Å². The van der Waals surface area contributed by atoms with E-state index in [-0.39, 0.29) is 17.7 Å². The van der Waals surface area contributed by atoms with Gasteiger partial charge >= 0.3 is 5.97 Å². The van der Waals surface area contributed by atoms with E-state index in [9.17, 15) is 9.59 Å². The molecule has 0 bridgehead atoms. The van der Waals surface area contributed by atoms with Crippen LogP contribution in [0.25, 0.3) is 43.5 Å². The van der Waals surface area contributed by atoms with Crippen LogP contribution in [-0.2, 0) is 14.3 Å². The first-order valence-corrected chi connectivity index (χ1v) is 13.2. The number of carbonyl (C=O) groups excluding carboxylic acids is 2. The number of amides is 1. The lowest BCUT2D eigenvalue weighted by Crippen LogP contribution is -2.18. The summed E-state index contributed by atoms with van der Waals surface area (Å²) < 4.78 is 16.9. The second-order valence-corrected chi connectivity index (χ2v) is 9.89. The molecule has 8 nitrogen and oxygen atoms in total. The lowest BCUT2D eigenvalue weighted by molar-refractivity contribution is -0.145. The Morgan fingerprint density at radius 3 is 2.30 bits per heavy atom. The maximum Gasteiger partial charge on any atom is 0.315 e. The Morgan fingerprint density at radius 2 is 1.57 bits per heavy atom. The van der Waals surface area contributed by atoms with E-state index in [1.807, 2.05) is 59.3 Å². The summed E-state index contributed by atoms with van der Waals surface area (Å²) in [5.41, 5.74) is 1.57. The number of esters is 1. The van der Waals surface area contributed by atoms with Crippen LogP contribution in [0.2, 0.25) is 0 Å². The normalized spacial score (nSPS) is 12.1. The highest BCUT2D eigenvalue weighted by Crippen LogP contribution is 2.37. The number of thiophene rings is 2. The van der Waals surface area contributed by atoms with Crippen molar-refractivity contribution in [1.82, 2.24) is 0 Å². The summed E-state index contributed by atoms with van der Waals surface area (Å²) >= 11 is 2.71. The van der Waals surface area contributed by atoms with Gasteiger partial charge < -0.3 is 18.9 Å². The number of rotatable bonds is 5. The van der Waals surface area contributed by atoms with Gasteiger partial charge in [0.15, 0.2) is 0 Å². The fourth-order valence-corrected chi connectivity index (χ4v) is 6.16. The monoisotopic (exact) mass is 529 g/mol. The van der Waals surface area contributed by atoms with Crippen molar-refractivity contribution in [2.45, 2.75) is 13.3 Å². The zero-order valence-electron chi connectivity index (χ0n) is 19.5. The van der Waals surface area contributed by atoms with Crippen molar-refractivity contribution in [3.8, 4) is 0 Å². The number of hydrogen-bond acceptors (Lipinski definition) is 9. The summed E-state index contributed by atoms with van der Waals surface area (Å²) in [6.45, 7) is 1.89. The lowest BCUT2D eigenvalue weighted by Gasteiger charge is -2.05. The van der Waals surface area contributed by atoms with Gasteiger partial charge in [0, 0.05) is 32.3 Å². The van der Waals surface area contributed by atoms with E-state index < -0.39 is 18.3 Å². The van der Waals surface area contributed by atoms with E-state index in [0.29, 0.717) is 31.9 Å². The van der Waals surface area contributed by atoms with E-state index in [2.05, 4.69) is 5.32 Å². The molecule has 1 amide bonds. The van der Waals surface area contributed by atoms with E-state index in [4.69, 9.17) is 24.0 Å². The van der Waals surface area contributed by atoms with Crippen molar-refractivity contribution in [2.24, 2.45) is 4.99 Å². The van der Waals surface area contributed by atoms with Gasteiger partial charge in [0.2, 0.25) is 17.0 Å². The van der Waals surface area contributed by atoms with Crippen LogP contribution in [0.3, 0.4) is 0 Å². The summed E-state index contributed by atoms with van der Waals surface area (Å²) in [6, 6.07) is 15.2. The van der Waals surface area contributed by atoms with Gasteiger partial charge in [-0.25, -0.2) is 4.99 Å². The van der Waals surface area contributed by atoms with E-state index in [1.165, 1.54) is 22.7 Å². The van der Waals surface area contributed by atoms with Gasteiger partial charge in [-0.1, -0.05) is 36.4 Å². The maximum atomic E-state index is 12.6. The SMILES string of the molecule is CCOC(=O)CC(=O)Nc1scc2c1/c(=N\c1scc3c1c(=N)oc1ccccc13)oc1ccccc12. The van der Waals surface area contributed by atoms with Crippen LogP contribution in [0.1, 0.15) is 13.3 Å². The Hall–Kier alpha value is -4.28. The molecule has 4 aromatic heterocycles. The van der Waals surface area contributed by atoms with Gasteiger partial charge in [-0.05, 0) is 19.1 Å². The highest BCUT2D eigenvalue weighted by atomic mass is 32.1. The Bertz CT molecular complexity index is 1980. The third-order valence-electron chi connectivity index (χ3n) is 5.84. The van der Waals surface area contributed by atoms with Crippen molar-refractivity contribution in [2.75, 3.05) is 11.9 Å². The number of carbonyl (C=O) groups is 2. The maximum absolute atomic E-state index is 12.6. The number of ether oxygens (including phenoxy) is 1. The Labute approximate surface area is 216 Å². The van der Waals surface area contributed by atoms with Crippen molar-refractivity contribution in [3.05, 3.63) is 70.4 Å². The molecular weight excluding hydrogens is 510 g/mol. The second-order valence-electron chi connectivity index (χ2n) is 8.16. The molecule has 2 N–H and O–H groups in total. The standard InChI is InChI=1S/C27H19N3O5S2/c1-2-33-21(32)11-20(31)29-27-23-17(13-37-27)15-8-4-6-10-19(15)35-25(23)30-26-22-16(12-36-26)14-7-3-5-9-18(14)34-24(22)28/h3-10,12-13,28H,2,11H2,1H3,(H,29,31)/b28-24?,30-25+. The fourth-order valence-electron chi connectivity index (χ4n) is 4.27. The molecular formula is C27H19N3O5S2. The van der Waals surface area contributed by atoms with Crippen LogP contribution in [-0.4, -0.2) is 18.5 Å². The van der Waals surface area contributed by atoms with Crippen molar-refractivity contribution in [1.29, 1.82) is 5.41 Å². The van der Waals surface area contributed by atoms with Gasteiger partial charge in [-0.3, -0.25) is 15.0 Å². The Morgan fingerprint density at radius 1 is 0.919 bits per heavy atom. The number of hydrogen-bond donors (Lipinski definition) is 2. The third kappa shape index (κ3) is 4.09. The van der Waals surface area contributed by atoms with Crippen LogP contribution in [0.4, 0.5) is 10.0 Å². The molecule has 2 aromatic carbocycles. The topological polar surface area (TPSA) is 118 Å². The number of benzene rings is 2. The third-order valence-corrected chi connectivity index (χ3v) is 7.61. The minimum absolute atomic E-state index is 0.0130. The molecule has 0 radical (unpaired) electrons. The molecule has 0 spiro atoms. The number of fused-ring (bicyclic) bond motifs is 6. The van der Waals surface area contributed by atoms with E-state index in [1.54, 1.807) is 6.92 Å². The highest BCUT2D eigenvalue weighted by molar-refractivity contribution is 7.16. The zero-order chi connectivity index (χ0) is 25.5. The summed E-state index contributed by atoms with van der Waals surface area (Å²) in [7, 11) is 0. The van der Waals surface area contributed by atoms with Gasteiger partial charge in [0.1, 0.15) is 27.6 Å². The Kier molecular flexibility index (Phi) is 5.82. The number of nitrogens with one attached hydrogen (secondary N) is 2. The predicted octanol–water partition coefficient (Wildman–Crippen LogP) is 6.21. The molecule has 0 aliphatic carbocycles. The molecule has 10 heteroatoms. The molecule has 0 fully saturated rings. The first kappa shape index (κ1) is 23.1. The minimum Gasteiger partial charge on any atom is -0.466 e. The average Bonchev–Trinajstić information content (AvgIpc) is 3.50. The van der Waals surface area contributed by atoms with Gasteiger partial charge in [0.25, 0.3) is 0 Å². The smallest absolute Gasteiger partial charge is 0.315 e. The molecule has 0 aliphatic heterocycles. The average molecular weight is 530 g/mol. The molecule has 6 aromatic rings. The summed E-state index contributed by atoms with van der Waals surface area (Å²) in [6.07, 6.45) is -0.392. The van der Waals surface area contributed by atoms with Crippen LogP contribution in [0, 0.1) is 5.41 Å². The predicted molar refractivity (Wildman–Crippen MR) is 144 cm³/mol. The molecule has 184 valence electrons. The summed E-state index contributed by atoms with van der Waals surface area (Å²) in [5.74, 6) is -1.08. The first-order valence-electron chi connectivity index (χ1n) is 11.4. The van der Waals surface area contributed by atoms with Gasteiger partial charge in [-0.2, -0.15) is 0 Å². The molecule has 0 unspecified atom stereocenters. The van der Waals surface area contributed by atoms with Gasteiger partial charge in [0.05, 0.1) is 17.4 Å². The van der Waals surface area contributed by atoms with E-state index >= 15 is 0 Å². The first-order chi connectivity index (χ1) is 18.0. The summed E-state index contributed by atoms with van der Waals surface area (Å²) in [5, 5.41) is 21.0. The zero-order valence-corrected chi connectivity index (χ0v) is 21.1. The fraction of sp³-hybridized carbons (Fsp3) is 0.111. The molecule has 37 heavy (non-hydrogen) atoms. The quantitative estimate of drug-likeness (QED) is 0.203. The lowest BCUT2D eigenvalue weighted by atomic mass is 10.1. The Balaban J connectivity index is 1.57. The number of nitrogens with zero attached hydrogens (tertiary/aromatic N) is 1. The molecule has 0 saturated carbocycles. The van der Waals surface area contributed by atoms with Crippen molar-refractivity contribution < 1.29 is 23.2 Å². The molecule has 4 heterocycles. The molecule has 6 rings (SSSR count). The van der Waals surface area contributed by atoms with Crippen molar-refractivity contribution in [3.63, 3.8) is 0 Å². The highest BCUT2D eigenvalue weighted by Gasteiger charge is 2.18. The summed E-state index contributed by atoms with van der Waals surface area (Å²) in [4.78, 5) is 29.2. The van der Waals surface area contributed by atoms with Crippen molar-refractivity contribution >= 4 is 88.0 Å². The number of para-hydroxylation sites is 2. The van der Waals surface area contributed by atoms with Gasteiger partial charge in [-0.15, -0.1) is 22.7 Å². The van der Waals surface area contributed by atoms with Crippen LogP contribution < -0.4 is 16.4 Å². The van der Waals surface area contributed by atoms with Crippen LogP contribution in [0.5, 0.6) is 0 Å². The minimum atomic E-state index is -0.593.